The first-order valence-electron chi connectivity index (χ1n) is 6.55. The van der Waals surface area contributed by atoms with Crippen molar-refractivity contribution in [2.24, 2.45) is 0 Å². The molecule has 0 saturated heterocycles. The van der Waals surface area contributed by atoms with E-state index in [1.165, 1.54) is 22.9 Å². The number of anilines is 1. The predicted molar refractivity (Wildman–Crippen MR) is 82.2 cm³/mol. The molecule has 0 radical (unpaired) electrons. The van der Waals surface area contributed by atoms with Crippen LogP contribution in [0.4, 0.5) is 14.6 Å². The highest BCUT2D eigenvalue weighted by Gasteiger charge is 2.14. The maximum atomic E-state index is 13.7. The number of nitrogens with one attached hydrogen (secondary N) is 1. The van der Waals surface area contributed by atoms with E-state index < -0.39 is 11.6 Å². The van der Waals surface area contributed by atoms with E-state index >= 15 is 0 Å². The number of aromatic nitrogens is 4. The van der Waals surface area contributed by atoms with E-state index in [2.05, 4.69) is 20.6 Å². The summed E-state index contributed by atoms with van der Waals surface area (Å²) in [6, 6.07) is 5.50. The highest BCUT2D eigenvalue weighted by atomic mass is 35.5. The molecule has 0 atom stereocenters. The average molecular weight is 326 g/mol. The minimum Gasteiger partial charge on any atom is -0.368 e. The molecule has 2 aromatic heterocycles. The largest absolute Gasteiger partial charge is 0.368 e. The van der Waals surface area contributed by atoms with Crippen molar-refractivity contribution in [3.63, 3.8) is 0 Å². The summed E-state index contributed by atoms with van der Waals surface area (Å²) in [4.78, 5) is 4.18. The fourth-order valence-electron chi connectivity index (χ4n) is 2.14. The van der Waals surface area contributed by atoms with Crippen molar-refractivity contribution >= 4 is 29.3 Å². The summed E-state index contributed by atoms with van der Waals surface area (Å²) in [5.41, 5.74) is 1.21. The van der Waals surface area contributed by atoms with Gasteiger partial charge in [-0.3, -0.25) is 0 Å². The molecule has 0 bridgehead atoms. The third-order valence-corrected chi connectivity index (χ3v) is 3.15. The summed E-state index contributed by atoms with van der Waals surface area (Å²) < 4.78 is 28.9. The fourth-order valence-corrected chi connectivity index (χ4v) is 2.14. The molecular formula is C14H14ClF2N5. The van der Waals surface area contributed by atoms with E-state index in [-0.39, 0.29) is 24.5 Å². The van der Waals surface area contributed by atoms with Gasteiger partial charge in [0.15, 0.2) is 11.3 Å². The Labute approximate surface area is 131 Å². The first-order valence-corrected chi connectivity index (χ1v) is 6.55. The predicted octanol–water partition coefficient (Wildman–Crippen LogP) is 3.01. The maximum absolute atomic E-state index is 13.7. The second-order valence-electron chi connectivity index (χ2n) is 4.50. The highest BCUT2D eigenvalue weighted by molar-refractivity contribution is 5.85. The van der Waals surface area contributed by atoms with Crippen LogP contribution in [-0.4, -0.2) is 26.5 Å². The lowest BCUT2D eigenvalue weighted by molar-refractivity contribution is 0.532. The monoisotopic (exact) mass is 325 g/mol. The lowest BCUT2D eigenvalue weighted by Gasteiger charge is -2.06. The van der Waals surface area contributed by atoms with Crippen molar-refractivity contribution < 1.29 is 8.78 Å². The van der Waals surface area contributed by atoms with Crippen molar-refractivity contribution in [3.8, 4) is 0 Å². The Kier molecular flexibility index (Phi) is 4.87. The Morgan fingerprint density at radius 2 is 1.91 bits per heavy atom. The average Bonchev–Trinajstić information content (AvgIpc) is 2.88. The fraction of sp³-hybridized carbons (Fsp3) is 0.214. The van der Waals surface area contributed by atoms with Crippen molar-refractivity contribution in [2.75, 3.05) is 11.9 Å². The molecule has 0 aliphatic heterocycles. The van der Waals surface area contributed by atoms with Gasteiger partial charge in [0, 0.05) is 18.3 Å². The zero-order valence-corrected chi connectivity index (χ0v) is 12.6. The quantitative estimate of drug-likeness (QED) is 0.801. The minimum absolute atomic E-state index is 0. The molecule has 0 aliphatic carbocycles. The van der Waals surface area contributed by atoms with E-state index in [4.69, 9.17) is 0 Å². The van der Waals surface area contributed by atoms with Crippen LogP contribution in [0.3, 0.4) is 0 Å². The summed E-state index contributed by atoms with van der Waals surface area (Å²) in [5.74, 6) is -0.588. The number of hydrogen-bond acceptors (Lipinski definition) is 4. The number of benzene rings is 1. The van der Waals surface area contributed by atoms with Gasteiger partial charge in [-0.2, -0.15) is 0 Å². The van der Waals surface area contributed by atoms with Gasteiger partial charge in [0.25, 0.3) is 0 Å². The second kappa shape index (κ2) is 6.65. The van der Waals surface area contributed by atoms with Crippen LogP contribution in [0.5, 0.6) is 0 Å². The van der Waals surface area contributed by atoms with E-state index in [1.807, 2.05) is 6.92 Å². The molecule has 5 nitrogen and oxygen atoms in total. The van der Waals surface area contributed by atoms with E-state index in [1.54, 1.807) is 12.3 Å². The molecule has 116 valence electrons. The first kappa shape index (κ1) is 16.1. The van der Waals surface area contributed by atoms with Crippen LogP contribution in [0.1, 0.15) is 12.5 Å². The van der Waals surface area contributed by atoms with Crippen molar-refractivity contribution in [1.29, 1.82) is 0 Å². The number of halogens is 3. The number of rotatable bonds is 4. The Hall–Kier alpha value is -2.28. The molecule has 0 saturated carbocycles. The molecule has 1 aromatic carbocycles. The zero-order valence-electron chi connectivity index (χ0n) is 11.8. The molecular weight excluding hydrogens is 312 g/mol. The SMILES string of the molecule is CCNc1nccc2c1nnn2Cc1c(F)cccc1F.Cl. The Balaban J connectivity index is 0.00000176. The summed E-state index contributed by atoms with van der Waals surface area (Å²) >= 11 is 0. The van der Waals surface area contributed by atoms with Gasteiger partial charge in [-0.25, -0.2) is 18.4 Å². The van der Waals surface area contributed by atoms with Crippen LogP contribution < -0.4 is 5.32 Å². The maximum Gasteiger partial charge on any atom is 0.156 e. The van der Waals surface area contributed by atoms with Gasteiger partial charge in [0.05, 0.1) is 12.1 Å². The number of pyridine rings is 1. The van der Waals surface area contributed by atoms with Crippen LogP contribution >= 0.6 is 12.4 Å². The lowest BCUT2D eigenvalue weighted by Crippen LogP contribution is -2.06. The number of fused-ring (bicyclic) bond motifs is 1. The summed E-state index contributed by atoms with van der Waals surface area (Å²) in [5, 5.41) is 11.1. The van der Waals surface area contributed by atoms with Crippen molar-refractivity contribution in [3.05, 3.63) is 47.7 Å². The van der Waals surface area contributed by atoms with Gasteiger partial charge in [0.1, 0.15) is 11.6 Å². The van der Waals surface area contributed by atoms with Crippen LogP contribution in [0.15, 0.2) is 30.5 Å². The molecule has 8 heteroatoms. The van der Waals surface area contributed by atoms with Gasteiger partial charge >= 0.3 is 0 Å². The molecule has 0 amide bonds. The molecule has 1 N–H and O–H groups in total. The molecule has 0 fully saturated rings. The molecule has 0 aliphatic rings. The molecule has 0 spiro atoms. The van der Waals surface area contributed by atoms with Gasteiger partial charge in [-0.1, -0.05) is 11.3 Å². The Morgan fingerprint density at radius 3 is 2.59 bits per heavy atom. The molecule has 3 aromatic rings. The third-order valence-electron chi connectivity index (χ3n) is 3.15. The van der Waals surface area contributed by atoms with Crippen molar-refractivity contribution in [2.45, 2.75) is 13.5 Å². The third kappa shape index (κ3) is 2.85. The molecule has 2 heterocycles. The number of nitrogens with zero attached hydrogens (tertiary/aromatic N) is 4. The van der Waals surface area contributed by atoms with E-state index in [9.17, 15) is 8.78 Å². The summed E-state index contributed by atoms with van der Waals surface area (Å²) in [7, 11) is 0. The van der Waals surface area contributed by atoms with Crippen LogP contribution in [0, 0.1) is 11.6 Å². The van der Waals surface area contributed by atoms with Crippen LogP contribution in [0.2, 0.25) is 0 Å². The minimum atomic E-state index is -0.598. The van der Waals surface area contributed by atoms with E-state index in [0.29, 0.717) is 23.4 Å². The Morgan fingerprint density at radius 1 is 1.18 bits per heavy atom. The highest BCUT2D eigenvalue weighted by Crippen LogP contribution is 2.20. The molecule has 0 unspecified atom stereocenters. The van der Waals surface area contributed by atoms with Gasteiger partial charge in [-0.05, 0) is 25.1 Å². The summed E-state index contributed by atoms with van der Waals surface area (Å²) in [6.45, 7) is 2.62. The van der Waals surface area contributed by atoms with Gasteiger partial charge in [0.2, 0.25) is 0 Å². The smallest absolute Gasteiger partial charge is 0.156 e. The standard InChI is InChI=1S/C14H13F2N5.ClH/c1-2-17-14-13-12(6-7-18-14)21(20-19-13)8-9-10(15)4-3-5-11(9)16;/h3-7H,2,8H2,1H3,(H,17,18);1H. The van der Waals surface area contributed by atoms with Crippen LogP contribution in [0.25, 0.3) is 11.0 Å². The first-order chi connectivity index (χ1) is 10.2. The van der Waals surface area contributed by atoms with Gasteiger partial charge < -0.3 is 5.32 Å². The van der Waals surface area contributed by atoms with Crippen molar-refractivity contribution in [1.82, 2.24) is 20.0 Å². The topological polar surface area (TPSA) is 55.6 Å². The summed E-state index contributed by atoms with van der Waals surface area (Å²) in [6.07, 6.45) is 1.61. The molecule has 22 heavy (non-hydrogen) atoms. The Bertz CT molecular complexity index is 770. The van der Waals surface area contributed by atoms with Gasteiger partial charge in [-0.15, -0.1) is 17.5 Å². The number of hydrogen-bond donors (Lipinski definition) is 1. The normalized spacial score (nSPS) is 10.5. The van der Waals surface area contributed by atoms with Crippen LogP contribution in [-0.2, 0) is 6.54 Å². The molecule has 3 rings (SSSR count). The lowest BCUT2D eigenvalue weighted by atomic mass is 10.2. The van der Waals surface area contributed by atoms with E-state index in [0.717, 1.165) is 0 Å². The zero-order chi connectivity index (χ0) is 14.8. The second-order valence-corrected chi connectivity index (χ2v) is 4.50.